The Balaban J connectivity index is 2.19. The molecule has 2 aromatic heterocycles. The van der Waals surface area contributed by atoms with E-state index < -0.39 is 4.92 Å². The number of pyridine rings is 1. The summed E-state index contributed by atoms with van der Waals surface area (Å²) in [5.74, 6) is 0.314. The molecule has 96 valence electrons. The van der Waals surface area contributed by atoms with Gasteiger partial charge in [0.25, 0.3) is 5.69 Å². The van der Waals surface area contributed by atoms with Crippen molar-refractivity contribution in [3.8, 4) is 6.07 Å². The van der Waals surface area contributed by atoms with Crippen molar-refractivity contribution >= 4 is 11.5 Å². The molecule has 2 rings (SSSR count). The standard InChI is InChI=1S/C11H10N6O2/c1-16-9(2-3-15-16)6-13-11-8(5-12)4-10(7-14-11)17(18)19/h2-4,7H,6H2,1H3,(H,13,14). The van der Waals surface area contributed by atoms with Crippen molar-refractivity contribution in [3.05, 3.63) is 45.9 Å². The van der Waals surface area contributed by atoms with Crippen molar-refractivity contribution in [2.45, 2.75) is 6.54 Å². The predicted octanol–water partition coefficient (Wildman–Crippen LogP) is 1.21. The number of anilines is 1. The molecule has 19 heavy (non-hydrogen) atoms. The van der Waals surface area contributed by atoms with E-state index in [1.54, 1.807) is 17.9 Å². The third kappa shape index (κ3) is 2.66. The van der Waals surface area contributed by atoms with Gasteiger partial charge in [0, 0.05) is 19.3 Å². The smallest absolute Gasteiger partial charge is 0.289 e. The van der Waals surface area contributed by atoms with Gasteiger partial charge in [0.15, 0.2) is 0 Å². The second-order valence-electron chi connectivity index (χ2n) is 3.76. The molecule has 0 bridgehead atoms. The average molecular weight is 258 g/mol. The zero-order chi connectivity index (χ0) is 13.8. The Labute approximate surface area is 108 Å². The van der Waals surface area contributed by atoms with Crippen LogP contribution < -0.4 is 5.32 Å². The highest BCUT2D eigenvalue weighted by atomic mass is 16.6. The Bertz CT molecular complexity index is 657. The van der Waals surface area contributed by atoms with Crippen LogP contribution in [-0.2, 0) is 13.6 Å². The van der Waals surface area contributed by atoms with Crippen LogP contribution in [-0.4, -0.2) is 19.7 Å². The van der Waals surface area contributed by atoms with Gasteiger partial charge in [-0.2, -0.15) is 10.4 Å². The number of hydrogen-bond donors (Lipinski definition) is 1. The summed E-state index contributed by atoms with van der Waals surface area (Å²) >= 11 is 0. The van der Waals surface area contributed by atoms with Gasteiger partial charge in [0.1, 0.15) is 23.6 Å². The quantitative estimate of drug-likeness (QED) is 0.651. The Morgan fingerprint density at radius 1 is 1.63 bits per heavy atom. The molecule has 0 aliphatic rings. The molecule has 0 saturated carbocycles. The number of nitrogens with zero attached hydrogens (tertiary/aromatic N) is 5. The third-order valence-electron chi connectivity index (χ3n) is 2.56. The van der Waals surface area contributed by atoms with Crippen molar-refractivity contribution in [2.75, 3.05) is 5.32 Å². The highest BCUT2D eigenvalue weighted by molar-refractivity contribution is 5.55. The van der Waals surface area contributed by atoms with Gasteiger partial charge in [0.2, 0.25) is 0 Å². The van der Waals surface area contributed by atoms with Gasteiger partial charge in [0.05, 0.1) is 17.2 Å². The second-order valence-corrected chi connectivity index (χ2v) is 3.76. The number of aromatic nitrogens is 3. The first-order valence-corrected chi connectivity index (χ1v) is 5.37. The molecule has 8 nitrogen and oxygen atoms in total. The lowest BCUT2D eigenvalue weighted by Crippen LogP contribution is -2.08. The van der Waals surface area contributed by atoms with Crippen LogP contribution in [0.5, 0.6) is 0 Å². The molecular weight excluding hydrogens is 248 g/mol. The lowest BCUT2D eigenvalue weighted by atomic mass is 10.2. The summed E-state index contributed by atoms with van der Waals surface area (Å²) in [5, 5.41) is 26.5. The molecule has 2 heterocycles. The Kier molecular flexibility index (Phi) is 3.38. The minimum atomic E-state index is -0.585. The molecule has 0 radical (unpaired) electrons. The molecule has 0 fully saturated rings. The summed E-state index contributed by atoms with van der Waals surface area (Å²) < 4.78 is 1.68. The first-order chi connectivity index (χ1) is 9.11. The molecule has 0 spiro atoms. The van der Waals surface area contributed by atoms with Crippen LogP contribution >= 0.6 is 0 Å². The van der Waals surface area contributed by atoms with Gasteiger partial charge in [-0.15, -0.1) is 0 Å². The molecule has 0 aliphatic carbocycles. The molecule has 0 atom stereocenters. The number of rotatable bonds is 4. The van der Waals surface area contributed by atoms with Gasteiger partial charge in [-0.3, -0.25) is 14.8 Å². The van der Waals surface area contributed by atoms with Crippen LogP contribution in [0.3, 0.4) is 0 Å². The highest BCUT2D eigenvalue weighted by Gasteiger charge is 2.12. The van der Waals surface area contributed by atoms with Crippen molar-refractivity contribution in [1.82, 2.24) is 14.8 Å². The van der Waals surface area contributed by atoms with Crippen molar-refractivity contribution in [1.29, 1.82) is 5.26 Å². The lowest BCUT2D eigenvalue weighted by Gasteiger charge is -2.07. The molecule has 0 aliphatic heterocycles. The Morgan fingerprint density at radius 2 is 2.42 bits per heavy atom. The molecule has 1 N–H and O–H groups in total. The summed E-state index contributed by atoms with van der Waals surface area (Å²) in [7, 11) is 1.80. The van der Waals surface area contributed by atoms with Crippen LogP contribution in [0.1, 0.15) is 11.3 Å². The van der Waals surface area contributed by atoms with E-state index in [9.17, 15) is 10.1 Å². The second kappa shape index (κ2) is 5.14. The first-order valence-electron chi connectivity index (χ1n) is 5.37. The minimum absolute atomic E-state index is 0.136. The summed E-state index contributed by atoms with van der Waals surface area (Å²) in [6, 6.07) is 4.90. The largest absolute Gasteiger partial charge is 0.363 e. The van der Waals surface area contributed by atoms with Crippen molar-refractivity contribution < 1.29 is 4.92 Å². The van der Waals surface area contributed by atoms with Crippen LogP contribution in [0.4, 0.5) is 11.5 Å². The molecule has 0 amide bonds. The molecule has 0 aromatic carbocycles. The molecular formula is C11H10N6O2. The zero-order valence-corrected chi connectivity index (χ0v) is 10.1. The maximum atomic E-state index is 10.6. The molecule has 2 aromatic rings. The number of nitrogens with one attached hydrogen (secondary N) is 1. The van der Waals surface area contributed by atoms with E-state index in [-0.39, 0.29) is 11.3 Å². The number of aryl methyl sites for hydroxylation is 1. The van der Waals surface area contributed by atoms with E-state index in [0.29, 0.717) is 12.4 Å². The molecule has 0 unspecified atom stereocenters. The SMILES string of the molecule is Cn1nccc1CNc1ncc([N+](=O)[O-])cc1C#N. The predicted molar refractivity (Wildman–Crippen MR) is 66.1 cm³/mol. The normalized spacial score (nSPS) is 9.89. The lowest BCUT2D eigenvalue weighted by molar-refractivity contribution is -0.385. The van der Waals surface area contributed by atoms with E-state index in [1.807, 2.05) is 12.1 Å². The third-order valence-corrected chi connectivity index (χ3v) is 2.56. The minimum Gasteiger partial charge on any atom is -0.363 e. The first kappa shape index (κ1) is 12.5. The monoisotopic (exact) mass is 258 g/mol. The molecule has 8 heteroatoms. The number of nitriles is 1. The van der Waals surface area contributed by atoms with E-state index in [2.05, 4.69) is 15.4 Å². The van der Waals surface area contributed by atoms with Crippen molar-refractivity contribution in [3.63, 3.8) is 0 Å². The van der Waals surface area contributed by atoms with Gasteiger partial charge in [-0.25, -0.2) is 4.98 Å². The van der Waals surface area contributed by atoms with Gasteiger partial charge >= 0.3 is 0 Å². The van der Waals surface area contributed by atoms with E-state index in [0.717, 1.165) is 11.9 Å². The van der Waals surface area contributed by atoms with Crippen molar-refractivity contribution in [2.24, 2.45) is 7.05 Å². The topological polar surface area (TPSA) is 110 Å². The van der Waals surface area contributed by atoms with Gasteiger partial charge < -0.3 is 5.32 Å². The van der Waals surface area contributed by atoms with Crippen LogP contribution in [0.2, 0.25) is 0 Å². The van der Waals surface area contributed by atoms with Crippen LogP contribution in [0.25, 0.3) is 0 Å². The summed E-state index contributed by atoms with van der Waals surface area (Å²) in [4.78, 5) is 13.9. The van der Waals surface area contributed by atoms with E-state index in [4.69, 9.17) is 5.26 Å². The summed E-state index contributed by atoms with van der Waals surface area (Å²) in [5.41, 5.74) is 0.836. The number of nitro groups is 1. The van der Waals surface area contributed by atoms with E-state index >= 15 is 0 Å². The Hall–Kier alpha value is -2.95. The fourth-order valence-corrected chi connectivity index (χ4v) is 1.53. The maximum Gasteiger partial charge on any atom is 0.289 e. The van der Waals surface area contributed by atoms with Crippen LogP contribution in [0, 0.1) is 21.4 Å². The van der Waals surface area contributed by atoms with E-state index in [1.165, 1.54) is 6.07 Å². The maximum absolute atomic E-state index is 10.6. The summed E-state index contributed by atoms with van der Waals surface area (Å²) in [6.45, 7) is 0.427. The fraction of sp³-hybridized carbons (Fsp3) is 0.182. The van der Waals surface area contributed by atoms with Gasteiger partial charge in [-0.1, -0.05) is 0 Å². The average Bonchev–Trinajstić information content (AvgIpc) is 2.81. The highest BCUT2D eigenvalue weighted by Crippen LogP contribution is 2.18. The number of hydrogen-bond acceptors (Lipinski definition) is 6. The zero-order valence-electron chi connectivity index (χ0n) is 10.1. The Morgan fingerprint density at radius 3 is 3.00 bits per heavy atom. The fourth-order valence-electron chi connectivity index (χ4n) is 1.53. The van der Waals surface area contributed by atoms with Crippen LogP contribution in [0.15, 0.2) is 24.5 Å². The van der Waals surface area contributed by atoms with Gasteiger partial charge in [-0.05, 0) is 6.07 Å². The summed E-state index contributed by atoms with van der Waals surface area (Å²) in [6.07, 6.45) is 2.78. The molecule has 0 saturated heterocycles.